The van der Waals surface area contributed by atoms with Crippen molar-refractivity contribution in [1.82, 2.24) is 0 Å². The summed E-state index contributed by atoms with van der Waals surface area (Å²) in [6.45, 7) is 5.25. The van der Waals surface area contributed by atoms with Crippen LogP contribution in [0.4, 0.5) is 0 Å². The smallest absolute Gasteiger partial charge is 0.331 e. The summed E-state index contributed by atoms with van der Waals surface area (Å²) < 4.78 is 0. The normalized spacial score (nSPS) is 33.8. The van der Waals surface area contributed by atoms with Crippen molar-refractivity contribution in [2.45, 2.75) is 18.9 Å². The number of nitrogens with two attached hydrogens (primary N) is 1. The lowest BCUT2D eigenvalue weighted by Gasteiger charge is -2.36. The first-order valence-corrected chi connectivity index (χ1v) is 6.90. The molecule has 0 aromatic heterocycles. The Morgan fingerprint density at radius 1 is 1.41 bits per heavy atom. The Balaban J connectivity index is 2.55. The Morgan fingerprint density at radius 2 is 2.09 bits per heavy atom. The highest BCUT2D eigenvalue weighted by Gasteiger charge is 2.40. The van der Waals surface area contributed by atoms with Crippen molar-refractivity contribution in [2.24, 2.45) is 17.1 Å². The molecule has 3 atom stereocenters. The highest BCUT2D eigenvalue weighted by atomic mass is 16.4. The molecule has 2 aliphatic rings. The molecule has 0 bridgehead atoms. The Kier molecular flexibility index (Phi) is 3.94. The molecule has 5 heteroatoms. The van der Waals surface area contributed by atoms with Gasteiger partial charge in [-0.05, 0) is 25.0 Å². The second kappa shape index (κ2) is 5.42. The van der Waals surface area contributed by atoms with Gasteiger partial charge in [-0.2, -0.15) is 0 Å². The van der Waals surface area contributed by atoms with Crippen LogP contribution >= 0.6 is 0 Å². The number of aliphatic carboxylic acids is 2. The van der Waals surface area contributed by atoms with E-state index in [1.54, 1.807) is 30.4 Å². The minimum Gasteiger partial charge on any atom is -0.481 e. The molecule has 0 saturated heterocycles. The summed E-state index contributed by atoms with van der Waals surface area (Å²) in [5.74, 6) is -2.54. The Labute approximate surface area is 128 Å². The quantitative estimate of drug-likeness (QED) is 0.690. The van der Waals surface area contributed by atoms with E-state index in [-0.39, 0.29) is 17.9 Å². The lowest BCUT2D eigenvalue weighted by Crippen LogP contribution is -2.45. The third-order valence-corrected chi connectivity index (χ3v) is 4.20. The molecule has 0 aromatic carbocycles. The summed E-state index contributed by atoms with van der Waals surface area (Å²) in [7, 11) is 0. The fourth-order valence-electron chi connectivity index (χ4n) is 2.83. The predicted molar refractivity (Wildman–Crippen MR) is 83.0 cm³/mol. The first-order valence-electron chi connectivity index (χ1n) is 6.90. The third kappa shape index (κ3) is 2.67. The summed E-state index contributed by atoms with van der Waals surface area (Å²) >= 11 is 0. The van der Waals surface area contributed by atoms with E-state index in [0.29, 0.717) is 5.57 Å². The van der Waals surface area contributed by atoms with Gasteiger partial charge >= 0.3 is 11.9 Å². The second-order valence-corrected chi connectivity index (χ2v) is 5.94. The standard InChI is InChI=1S/C17H19NO4/c1-3-17(18)7-5-4-6-13(17)11-8-12(14(19)20)10-16(2,9-11)15(21)22/h3-9,13H,1,10,18H2,2H3,(H,19,20)(H,21,22)/t13?,16-,17?/m1/s1. The summed E-state index contributed by atoms with van der Waals surface area (Å²) in [5.41, 5.74) is 4.80. The van der Waals surface area contributed by atoms with E-state index in [9.17, 15) is 19.8 Å². The molecule has 0 aromatic rings. The van der Waals surface area contributed by atoms with Crippen LogP contribution in [0.2, 0.25) is 0 Å². The van der Waals surface area contributed by atoms with Crippen LogP contribution in [0.5, 0.6) is 0 Å². The lowest BCUT2D eigenvalue weighted by molar-refractivity contribution is -0.145. The Bertz CT molecular complexity index is 656. The molecule has 0 heterocycles. The summed E-state index contributed by atoms with van der Waals surface area (Å²) in [4.78, 5) is 22.9. The van der Waals surface area contributed by atoms with E-state index in [1.165, 1.54) is 13.0 Å². The van der Waals surface area contributed by atoms with E-state index >= 15 is 0 Å². The molecule has 0 amide bonds. The van der Waals surface area contributed by atoms with Gasteiger partial charge in [0.25, 0.3) is 0 Å². The number of rotatable bonds is 4. The molecule has 0 spiro atoms. The van der Waals surface area contributed by atoms with Crippen LogP contribution in [0.1, 0.15) is 13.3 Å². The summed E-state index contributed by atoms with van der Waals surface area (Å²) in [5, 5.41) is 18.7. The van der Waals surface area contributed by atoms with Crippen LogP contribution in [0.25, 0.3) is 0 Å². The van der Waals surface area contributed by atoms with Gasteiger partial charge in [-0.15, -0.1) is 6.58 Å². The average Bonchev–Trinajstić information content (AvgIpc) is 2.47. The van der Waals surface area contributed by atoms with Gasteiger partial charge in [-0.3, -0.25) is 4.79 Å². The monoisotopic (exact) mass is 301 g/mol. The number of carboxylic acids is 2. The van der Waals surface area contributed by atoms with E-state index in [1.807, 2.05) is 6.08 Å². The van der Waals surface area contributed by atoms with Gasteiger partial charge in [0.15, 0.2) is 0 Å². The SMILES string of the molecule is C=CC1(N)C=CC=CC1C1=C[C@@](C)(C(=O)O)CC(C(=O)O)=C1. The van der Waals surface area contributed by atoms with Gasteiger partial charge < -0.3 is 15.9 Å². The molecule has 116 valence electrons. The number of hydrogen-bond donors (Lipinski definition) is 3. The molecule has 0 radical (unpaired) electrons. The van der Waals surface area contributed by atoms with E-state index < -0.39 is 22.9 Å². The first kappa shape index (κ1) is 16.0. The van der Waals surface area contributed by atoms with Crippen molar-refractivity contribution in [2.75, 3.05) is 0 Å². The van der Waals surface area contributed by atoms with Crippen LogP contribution in [0, 0.1) is 11.3 Å². The third-order valence-electron chi connectivity index (χ3n) is 4.20. The maximum Gasteiger partial charge on any atom is 0.331 e. The molecule has 22 heavy (non-hydrogen) atoms. The van der Waals surface area contributed by atoms with Crippen molar-refractivity contribution in [3.63, 3.8) is 0 Å². The molecule has 2 unspecified atom stereocenters. The van der Waals surface area contributed by atoms with Crippen molar-refractivity contribution >= 4 is 11.9 Å². The Morgan fingerprint density at radius 3 is 2.64 bits per heavy atom. The van der Waals surface area contributed by atoms with Gasteiger partial charge in [0.1, 0.15) is 0 Å². The fourth-order valence-corrected chi connectivity index (χ4v) is 2.83. The number of allylic oxidation sites excluding steroid dienone is 3. The summed E-state index contributed by atoms with van der Waals surface area (Å²) in [6, 6.07) is 0. The van der Waals surface area contributed by atoms with Gasteiger partial charge in [-0.25, -0.2) is 4.79 Å². The van der Waals surface area contributed by atoms with Crippen molar-refractivity contribution in [3.05, 3.63) is 60.3 Å². The second-order valence-electron chi connectivity index (χ2n) is 5.94. The zero-order chi connectivity index (χ0) is 16.5. The van der Waals surface area contributed by atoms with Crippen molar-refractivity contribution < 1.29 is 19.8 Å². The minimum absolute atomic E-state index is 0.0564. The van der Waals surface area contributed by atoms with Gasteiger partial charge in [0.2, 0.25) is 0 Å². The minimum atomic E-state index is -1.27. The van der Waals surface area contributed by atoms with E-state index in [2.05, 4.69) is 6.58 Å². The molecular formula is C17H19NO4. The van der Waals surface area contributed by atoms with Crippen molar-refractivity contribution in [1.29, 1.82) is 0 Å². The molecule has 0 fully saturated rings. The van der Waals surface area contributed by atoms with Gasteiger partial charge in [0, 0.05) is 11.5 Å². The van der Waals surface area contributed by atoms with Gasteiger partial charge in [0.05, 0.1) is 11.0 Å². The molecule has 4 N–H and O–H groups in total. The molecule has 0 aliphatic heterocycles. The zero-order valence-electron chi connectivity index (χ0n) is 12.3. The maximum absolute atomic E-state index is 11.6. The van der Waals surface area contributed by atoms with Gasteiger partial charge in [-0.1, -0.05) is 36.5 Å². The summed E-state index contributed by atoms with van der Waals surface area (Å²) in [6.07, 6.45) is 11.8. The average molecular weight is 301 g/mol. The highest BCUT2D eigenvalue weighted by Crippen LogP contribution is 2.40. The maximum atomic E-state index is 11.6. The topological polar surface area (TPSA) is 101 Å². The number of hydrogen-bond acceptors (Lipinski definition) is 3. The lowest BCUT2D eigenvalue weighted by atomic mass is 9.70. The van der Waals surface area contributed by atoms with Crippen LogP contribution in [0.3, 0.4) is 0 Å². The van der Waals surface area contributed by atoms with Crippen molar-refractivity contribution in [3.8, 4) is 0 Å². The molecular weight excluding hydrogens is 282 g/mol. The predicted octanol–water partition coefficient (Wildman–Crippen LogP) is 2.04. The number of carboxylic acid groups (broad SMARTS) is 2. The molecule has 2 rings (SSSR count). The molecule has 5 nitrogen and oxygen atoms in total. The van der Waals surface area contributed by atoms with E-state index in [4.69, 9.17) is 5.73 Å². The zero-order valence-corrected chi connectivity index (χ0v) is 12.3. The molecule has 2 aliphatic carbocycles. The molecule has 0 saturated carbocycles. The van der Waals surface area contributed by atoms with Crippen LogP contribution in [-0.2, 0) is 9.59 Å². The number of carbonyl (C=O) groups is 2. The first-order chi connectivity index (χ1) is 10.2. The highest BCUT2D eigenvalue weighted by molar-refractivity contribution is 5.90. The van der Waals surface area contributed by atoms with Crippen LogP contribution in [-0.4, -0.2) is 27.7 Å². The van der Waals surface area contributed by atoms with E-state index in [0.717, 1.165) is 0 Å². The largest absolute Gasteiger partial charge is 0.481 e. The van der Waals surface area contributed by atoms with Crippen LogP contribution in [0.15, 0.2) is 60.3 Å². The fraction of sp³-hybridized carbons (Fsp3) is 0.294. The Hall–Kier alpha value is -2.40. The van der Waals surface area contributed by atoms with Crippen LogP contribution < -0.4 is 5.73 Å².